The van der Waals surface area contributed by atoms with Crippen LogP contribution in [0.3, 0.4) is 0 Å². The van der Waals surface area contributed by atoms with Gasteiger partial charge in [0, 0.05) is 19.5 Å². The second kappa shape index (κ2) is 10.9. The fourth-order valence-corrected chi connectivity index (χ4v) is 2.03. The average Bonchev–Trinajstić information content (AvgIpc) is 3.04. The van der Waals surface area contributed by atoms with Gasteiger partial charge in [-0.05, 0) is 31.5 Å². The van der Waals surface area contributed by atoms with Crippen LogP contribution in [0, 0.1) is 6.92 Å². The van der Waals surface area contributed by atoms with E-state index in [0.717, 1.165) is 30.3 Å². The molecule has 0 aliphatic rings. The van der Waals surface area contributed by atoms with Gasteiger partial charge in [0.1, 0.15) is 5.76 Å². The smallest absolute Gasteiger partial charge is 0.191 e. The Balaban J connectivity index is 0.00000288. The van der Waals surface area contributed by atoms with Crippen LogP contribution < -0.4 is 10.6 Å². The van der Waals surface area contributed by atoms with Crippen molar-refractivity contribution in [3.63, 3.8) is 0 Å². The molecule has 2 rings (SSSR count). The Labute approximate surface area is 161 Å². The lowest BCUT2D eigenvalue weighted by molar-refractivity contribution is 0.507. The zero-order chi connectivity index (χ0) is 16.5. The number of nitrogens with zero attached hydrogens (tertiary/aromatic N) is 1. The van der Waals surface area contributed by atoms with Gasteiger partial charge in [-0.1, -0.05) is 42.0 Å². The van der Waals surface area contributed by atoms with Crippen LogP contribution in [0.1, 0.15) is 23.8 Å². The van der Waals surface area contributed by atoms with Crippen molar-refractivity contribution in [2.24, 2.45) is 4.99 Å². The summed E-state index contributed by atoms with van der Waals surface area (Å²) in [5.41, 5.74) is 3.52. The van der Waals surface area contributed by atoms with Gasteiger partial charge in [0.2, 0.25) is 0 Å². The summed E-state index contributed by atoms with van der Waals surface area (Å²) >= 11 is 0. The second-order valence-corrected chi connectivity index (χ2v) is 5.72. The molecule has 0 radical (unpaired) electrons. The summed E-state index contributed by atoms with van der Waals surface area (Å²) in [4.78, 5) is 4.64. The molecule has 1 aromatic heterocycles. The highest BCUT2D eigenvalue weighted by Gasteiger charge is 2.01. The van der Waals surface area contributed by atoms with E-state index in [-0.39, 0.29) is 24.0 Å². The van der Waals surface area contributed by atoms with E-state index < -0.39 is 0 Å². The van der Waals surface area contributed by atoms with Crippen molar-refractivity contribution >= 4 is 29.9 Å². The predicted octanol–water partition coefficient (Wildman–Crippen LogP) is 4.06. The van der Waals surface area contributed by atoms with Gasteiger partial charge in [0.25, 0.3) is 0 Å². The lowest BCUT2D eigenvalue weighted by Crippen LogP contribution is -2.39. The summed E-state index contributed by atoms with van der Waals surface area (Å²) in [5, 5.41) is 6.62. The van der Waals surface area contributed by atoms with E-state index >= 15 is 0 Å². The Kier molecular flexibility index (Phi) is 9.22. The first-order chi connectivity index (χ1) is 11.1. The van der Waals surface area contributed by atoms with Crippen molar-refractivity contribution in [1.29, 1.82) is 0 Å². The second-order valence-electron chi connectivity index (χ2n) is 5.72. The molecular formula is C19H26IN3O. The molecule has 4 nitrogen and oxygen atoms in total. The average molecular weight is 439 g/mol. The number of benzene rings is 1. The van der Waals surface area contributed by atoms with Crippen molar-refractivity contribution in [2.75, 3.05) is 13.1 Å². The highest BCUT2D eigenvalue weighted by molar-refractivity contribution is 14.0. The zero-order valence-electron chi connectivity index (χ0n) is 14.3. The number of hydrogen-bond acceptors (Lipinski definition) is 2. The van der Waals surface area contributed by atoms with Gasteiger partial charge in [-0.2, -0.15) is 0 Å². The van der Waals surface area contributed by atoms with Crippen molar-refractivity contribution in [2.45, 2.75) is 26.8 Å². The third-order valence-electron chi connectivity index (χ3n) is 3.34. The quantitative estimate of drug-likeness (QED) is 0.296. The predicted molar refractivity (Wildman–Crippen MR) is 111 cm³/mol. The molecule has 24 heavy (non-hydrogen) atoms. The molecule has 0 aliphatic heterocycles. The van der Waals surface area contributed by atoms with Gasteiger partial charge in [-0.25, -0.2) is 4.99 Å². The maximum absolute atomic E-state index is 5.34. The number of guanidine groups is 1. The van der Waals surface area contributed by atoms with Crippen LogP contribution in [0.25, 0.3) is 0 Å². The number of furan rings is 1. The van der Waals surface area contributed by atoms with Crippen LogP contribution >= 0.6 is 24.0 Å². The molecule has 0 spiro atoms. The van der Waals surface area contributed by atoms with Crippen LogP contribution in [-0.4, -0.2) is 19.0 Å². The lowest BCUT2D eigenvalue weighted by Gasteiger charge is -2.12. The molecule has 0 amide bonds. The molecule has 2 aromatic rings. The summed E-state index contributed by atoms with van der Waals surface area (Å²) < 4.78 is 5.34. The molecule has 130 valence electrons. The van der Waals surface area contributed by atoms with Gasteiger partial charge in [-0.3, -0.25) is 0 Å². The van der Waals surface area contributed by atoms with Crippen molar-refractivity contribution < 1.29 is 4.42 Å². The number of aliphatic imine (C=N–C) groups is 1. The summed E-state index contributed by atoms with van der Waals surface area (Å²) in [6, 6.07) is 12.3. The fourth-order valence-electron chi connectivity index (χ4n) is 2.03. The molecule has 2 N–H and O–H groups in total. The SMILES string of the molecule is C=C(C)CNC(=NCc1ccc(C)cc1)NCCc1ccco1.I. The minimum Gasteiger partial charge on any atom is -0.469 e. The van der Waals surface area contributed by atoms with Gasteiger partial charge in [-0.15, -0.1) is 24.0 Å². The van der Waals surface area contributed by atoms with Gasteiger partial charge in [0.15, 0.2) is 5.96 Å². The Morgan fingerprint density at radius 1 is 1.17 bits per heavy atom. The maximum atomic E-state index is 5.34. The molecule has 0 atom stereocenters. The molecule has 0 fully saturated rings. The van der Waals surface area contributed by atoms with E-state index in [1.54, 1.807) is 6.26 Å². The highest BCUT2D eigenvalue weighted by Crippen LogP contribution is 2.04. The Bertz CT molecular complexity index is 633. The first-order valence-corrected chi connectivity index (χ1v) is 7.88. The molecule has 5 heteroatoms. The maximum Gasteiger partial charge on any atom is 0.191 e. The fraction of sp³-hybridized carbons (Fsp3) is 0.316. The number of nitrogens with one attached hydrogen (secondary N) is 2. The van der Waals surface area contributed by atoms with E-state index in [1.165, 1.54) is 11.1 Å². The number of hydrogen-bond donors (Lipinski definition) is 2. The zero-order valence-corrected chi connectivity index (χ0v) is 16.7. The van der Waals surface area contributed by atoms with E-state index in [0.29, 0.717) is 13.1 Å². The Morgan fingerprint density at radius 2 is 1.92 bits per heavy atom. The van der Waals surface area contributed by atoms with Gasteiger partial charge < -0.3 is 15.1 Å². The topological polar surface area (TPSA) is 49.6 Å². The van der Waals surface area contributed by atoms with Crippen molar-refractivity contribution in [1.82, 2.24) is 10.6 Å². The third-order valence-corrected chi connectivity index (χ3v) is 3.34. The van der Waals surface area contributed by atoms with E-state index in [9.17, 15) is 0 Å². The number of aryl methyl sites for hydroxylation is 1. The summed E-state index contributed by atoms with van der Waals surface area (Å²) in [6.07, 6.45) is 2.52. The molecule has 1 aromatic carbocycles. The molecule has 1 heterocycles. The van der Waals surface area contributed by atoms with Crippen LogP contribution in [0.2, 0.25) is 0 Å². The van der Waals surface area contributed by atoms with Gasteiger partial charge >= 0.3 is 0 Å². The molecule has 0 saturated carbocycles. The largest absolute Gasteiger partial charge is 0.469 e. The Hall–Kier alpha value is -1.76. The normalized spacial score (nSPS) is 10.8. The standard InChI is InChI=1S/C19H25N3O.HI/c1-15(2)13-21-19(20-11-10-18-5-4-12-23-18)22-14-17-8-6-16(3)7-9-17;/h4-9,12H,1,10-11,13-14H2,2-3H3,(H2,20,21,22);1H. The Morgan fingerprint density at radius 3 is 2.54 bits per heavy atom. The first kappa shape index (κ1) is 20.3. The van der Waals surface area contributed by atoms with Crippen molar-refractivity contribution in [3.05, 3.63) is 71.7 Å². The van der Waals surface area contributed by atoms with Crippen molar-refractivity contribution in [3.8, 4) is 0 Å². The molecule has 0 unspecified atom stereocenters. The van der Waals surface area contributed by atoms with E-state index in [2.05, 4.69) is 53.4 Å². The van der Waals surface area contributed by atoms with Crippen LogP contribution in [-0.2, 0) is 13.0 Å². The minimum absolute atomic E-state index is 0. The van der Waals surface area contributed by atoms with Crippen LogP contribution in [0.4, 0.5) is 0 Å². The van der Waals surface area contributed by atoms with Gasteiger partial charge in [0.05, 0.1) is 12.8 Å². The van der Waals surface area contributed by atoms with Crippen LogP contribution in [0.5, 0.6) is 0 Å². The third kappa shape index (κ3) is 7.68. The summed E-state index contributed by atoms with van der Waals surface area (Å²) in [5.74, 6) is 1.76. The highest BCUT2D eigenvalue weighted by atomic mass is 127. The van der Waals surface area contributed by atoms with E-state index in [4.69, 9.17) is 4.42 Å². The molecule has 0 bridgehead atoms. The monoisotopic (exact) mass is 439 g/mol. The first-order valence-electron chi connectivity index (χ1n) is 7.88. The molecule has 0 aliphatic carbocycles. The summed E-state index contributed by atoms with van der Waals surface area (Å²) in [7, 11) is 0. The molecule has 0 saturated heterocycles. The summed E-state index contributed by atoms with van der Waals surface area (Å²) in [6.45, 7) is 10.1. The van der Waals surface area contributed by atoms with E-state index in [1.807, 2.05) is 19.1 Å². The number of halogens is 1. The minimum atomic E-state index is 0. The number of rotatable bonds is 7. The molecular weight excluding hydrogens is 413 g/mol. The van der Waals surface area contributed by atoms with Crippen LogP contribution in [0.15, 0.2) is 64.2 Å². The lowest BCUT2D eigenvalue weighted by atomic mass is 10.1.